The summed E-state index contributed by atoms with van der Waals surface area (Å²) in [5.41, 5.74) is 1.55. The van der Waals surface area contributed by atoms with Crippen molar-refractivity contribution in [1.29, 1.82) is 0 Å². The average molecular weight is 318 g/mol. The van der Waals surface area contributed by atoms with E-state index < -0.39 is 11.7 Å². The summed E-state index contributed by atoms with van der Waals surface area (Å²) in [4.78, 5) is 4.47. The Kier molecular flexibility index (Phi) is 3.88. The third-order valence-corrected chi connectivity index (χ3v) is 3.81. The van der Waals surface area contributed by atoms with Gasteiger partial charge in [-0.3, -0.25) is 0 Å². The Labute approximate surface area is 132 Å². The lowest BCUT2D eigenvalue weighted by Gasteiger charge is -2.13. The van der Waals surface area contributed by atoms with E-state index >= 15 is 0 Å². The van der Waals surface area contributed by atoms with Crippen molar-refractivity contribution in [2.75, 3.05) is 0 Å². The summed E-state index contributed by atoms with van der Waals surface area (Å²) in [6.07, 6.45) is -3.76. The zero-order valence-corrected chi connectivity index (χ0v) is 12.9. The van der Waals surface area contributed by atoms with Crippen LogP contribution in [0.2, 0.25) is 0 Å². The van der Waals surface area contributed by atoms with Gasteiger partial charge in [-0.05, 0) is 37.6 Å². The molecule has 3 aromatic rings. The molecule has 0 aliphatic carbocycles. The number of imidazole rings is 1. The Balaban J connectivity index is 2.11. The molecule has 23 heavy (non-hydrogen) atoms. The van der Waals surface area contributed by atoms with Crippen molar-refractivity contribution >= 4 is 11.0 Å². The molecule has 2 nitrogen and oxygen atoms in total. The van der Waals surface area contributed by atoms with Gasteiger partial charge in [-0.25, -0.2) is 4.98 Å². The molecule has 5 heteroatoms. The highest BCUT2D eigenvalue weighted by Crippen LogP contribution is 2.32. The number of benzene rings is 2. The summed E-state index contributed by atoms with van der Waals surface area (Å²) < 4.78 is 40.7. The van der Waals surface area contributed by atoms with E-state index in [1.807, 2.05) is 48.7 Å². The second kappa shape index (κ2) is 5.72. The molecule has 0 aliphatic rings. The molecule has 0 amide bonds. The minimum absolute atomic E-state index is 0.121. The van der Waals surface area contributed by atoms with Crippen molar-refractivity contribution < 1.29 is 13.2 Å². The van der Waals surface area contributed by atoms with Crippen molar-refractivity contribution in [3.8, 4) is 0 Å². The van der Waals surface area contributed by atoms with Crippen LogP contribution in [-0.4, -0.2) is 9.55 Å². The largest absolute Gasteiger partial charge is 0.416 e. The second-order valence-corrected chi connectivity index (χ2v) is 5.86. The number of hydrogen-bond acceptors (Lipinski definition) is 1. The van der Waals surface area contributed by atoms with Crippen LogP contribution in [0.1, 0.15) is 36.8 Å². The molecule has 0 saturated carbocycles. The van der Waals surface area contributed by atoms with Crippen LogP contribution in [0, 0.1) is 0 Å². The fourth-order valence-electron chi connectivity index (χ4n) is 2.80. The minimum atomic E-state index is -4.35. The van der Waals surface area contributed by atoms with E-state index in [0.29, 0.717) is 11.9 Å². The quantitative estimate of drug-likeness (QED) is 0.647. The van der Waals surface area contributed by atoms with E-state index in [0.717, 1.165) is 29.0 Å². The van der Waals surface area contributed by atoms with Crippen LogP contribution in [0.25, 0.3) is 11.0 Å². The Hall–Kier alpha value is -2.30. The third kappa shape index (κ3) is 3.09. The fraction of sp³-hybridized carbons (Fsp3) is 0.278. The molecule has 0 spiro atoms. The number of fused-ring (bicyclic) bond motifs is 1. The van der Waals surface area contributed by atoms with Gasteiger partial charge in [-0.15, -0.1) is 0 Å². The van der Waals surface area contributed by atoms with Gasteiger partial charge in [-0.1, -0.05) is 30.3 Å². The molecule has 0 aliphatic heterocycles. The van der Waals surface area contributed by atoms with Crippen LogP contribution in [0.15, 0.2) is 48.5 Å². The number of rotatable bonds is 3. The topological polar surface area (TPSA) is 17.8 Å². The molecule has 1 heterocycles. The summed E-state index contributed by atoms with van der Waals surface area (Å²) >= 11 is 0. The van der Waals surface area contributed by atoms with Crippen molar-refractivity contribution in [2.24, 2.45) is 0 Å². The average Bonchev–Trinajstić information content (AvgIpc) is 2.84. The summed E-state index contributed by atoms with van der Waals surface area (Å²) in [5, 5.41) is 0. The van der Waals surface area contributed by atoms with Crippen LogP contribution < -0.4 is 0 Å². The van der Waals surface area contributed by atoms with Gasteiger partial charge in [0.2, 0.25) is 0 Å². The summed E-state index contributed by atoms with van der Waals surface area (Å²) in [6.45, 7) is 4.01. The predicted molar refractivity (Wildman–Crippen MR) is 84.4 cm³/mol. The fourth-order valence-corrected chi connectivity index (χ4v) is 2.80. The zero-order valence-electron chi connectivity index (χ0n) is 12.9. The highest BCUT2D eigenvalue weighted by molar-refractivity contribution is 5.77. The molecule has 0 saturated heterocycles. The smallest absolute Gasteiger partial charge is 0.325 e. The molecule has 0 unspecified atom stereocenters. The van der Waals surface area contributed by atoms with Crippen LogP contribution in [0.3, 0.4) is 0 Å². The standard InChI is InChI=1S/C18H17F3N2/c1-12(2)23-16-9-8-14(18(19,20)21)11-15(16)22-17(23)10-13-6-4-3-5-7-13/h3-9,11-12H,10H2,1-2H3. The number of halogens is 3. The maximum absolute atomic E-state index is 12.9. The van der Waals surface area contributed by atoms with Crippen molar-refractivity contribution in [2.45, 2.75) is 32.5 Å². The molecule has 0 bridgehead atoms. The minimum Gasteiger partial charge on any atom is -0.325 e. The zero-order chi connectivity index (χ0) is 16.6. The van der Waals surface area contributed by atoms with Crippen molar-refractivity contribution in [3.05, 3.63) is 65.5 Å². The van der Waals surface area contributed by atoms with Gasteiger partial charge in [0.05, 0.1) is 16.6 Å². The molecule has 0 atom stereocenters. The van der Waals surface area contributed by atoms with Gasteiger partial charge in [0.1, 0.15) is 5.82 Å². The van der Waals surface area contributed by atoms with Gasteiger partial charge in [0.15, 0.2) is 0 Å². The summed E-state index contributed by atoms with van der Waals surface area (Å²) in [7, 11) is 0. The molecule has 2 aromatic carbocycles. The van der Waals surface area contributed by atoms with E-state index in [9.17, 15) is 13.2 Å². The molecule has 120 valence electrons. The Morgan fingerprint density at radius 1 is 1.04 bits per heavy atom. The number of alkyl halides is 3. The van der Waals surface area contributed by atoms with Crippen LogP contribution in [0.5, 0.6) is 0 Å². The number of nitrogens with zero attached hydrogens (tertiary/aromatic N) is 2. The molecule has 0 fully saturated rings. The molecule has 0 radical (unpaired) electrons. The molecule has 1 aromatic heterocycles. The first-order valence-electron chi connectivity index (χ1n) is 7.48. The van der Waals surface area contributed by atoms with Gasteiger partial charge < -0.3 is 4.57 Å². The first-order chi connectivity index (χ1) is 10.9. The molecular weight excluding hydrogens is 301 g/mol. The van der Waals surface area contributed by atoms with E-state index in [1.165, 1.54) is 6.07 Å². The summed E-state index contributed by atoms with van der Waals surface area (Å²) in [6, 6.07) is 13.7. The lowest BCUT2D eigenvalue weighted by molar-refractivity contribution is -0.137. The SMILES string of the molecule is CC(C)n1c(Cc2ccccc2)nc2cc(C(F)(F)F)ccc21. The Bertz CT molecular complexity index is 817. The lowest BCUT2D eigenvalue weighted by atomic mass is 10.1. The van der Waals surface area contributed by atoms with Gasteiger partial charge >= 0.3 is 6.18 Å². The highest BCUT2D eigenvalue weighted by atomic mass is 19.4. The number of aromatic nitrogens is 2. The van der Waals surface area contributed by atoms with Gasteiger partial charge in [0.25, 0.3) is 0 Å². The van der Waals surface area contributed by atoms with E-state index in [4.69, 9.17) is 0 Å². The van der Waals surface area contributed by atoms with E-state index in [1.54, 1.807) is 0 Å². The molecule has 0 N–H and O–H groups in total. The van der Waals surface area contributed by atoms with Crippen molar-refractivity contribution in [3.63, 3.8) is 0 Å². The lowest BCUT2D eigenvalue weighted by Crippen LogP contribution is -2.07. The van der Waals surface area contributed by atoms with Gasteiger partial charge in [-0.2, -0.15) is 13.2 Å². The van der Waals surface area contributed by atoms with Gasteiger partial charge in [0, 0.05) is 12.5 Å². The monoisotopic (exact) mass is 318 g/mol. The Morgan fingerprint density at radius 2 is 1.74 bits per heavy atom. The third-order valence-electron chi connectivity index (χ3n) is 3.81. The highest BCUT2D eigenvalue weighted by Gasteiger charge is 2.31. The second-order valence-electron chi connectivity index (χ2n) is 5.86. The first kappa shape index (κ1) is 15.6. The number of hydrogen-bond donors (Lipinski definition) is 0. The van der Waals surface area contributed by atoms with Crippen LogP contribution in [-0.2, 0) is 12.6 Å². The normalized spacial score (nSPS) is 12.3. The van der Waals surface area contributed by atoms with Crippen molar-refractivity contribution in [1.82, 2.24) is 9.55 Å². The maximum Gasteiger partial charge on any atom is 0.416 e. The van der Waals surface area contributed by atoms with Crippen LogP contribution >= 0.6 is 0 Å². The van der Waals surface area contributed by atoms with E-state index in [-0.39, 0.29) is 6.04 Å². The van der Waals surface area contributed by atoms with E-state index in [2.05, 4.69) is 4.98 Å². The molecule has 3 rings (SSSR count). The maximum atomic E-state index is 12.9. The summed E-state index contributed by atoms with van der Waals surface area (Å²) in [5.74, 6) is 0.778. The first-order valence-corrected chi connectivity index (χ1v) is 7.48. The van der Waals surface area contributed by atoms with Crippen LogP contribution in [0.4, 0.5) is 13.2 Å². The predicted octanol–water partition coefficient (Wildman–Crippen LogP) is 5.23. The Morgan fingerprint density at radius 3 is 2.35 bits per heavy atom. The molecular formula is C18H17F3N2.